The van der Waals surface area contributed by atoms with Crippen molar-refractivity contribution in [3.63, 3.8) is 0 Å². The molecule has 3 aromatic rings. The van der Waals surface area contributed by atoms with Crippen LogP contribution in [0.1, 0.15) is 28.9 Å². The van der Waals surface area contributed by atoms with Crippen LogP contribution < -0.4 is 4.72 Å². The third-order valence-corrected chi connectivity index (χ3v) is 6.16. The van der Waals surface area contributed by atoms with Gasteiger partial charge in [-0.2, -0.15) is 0 Å². The van der Waals surface area contributed by atoms with Crippen LogP contribution >= 0.6 is 0 Å². The van der Waals surface area contributed by atoms with E-state index in [9.17, 15) is 13.2 Å². The lowest BCUT2D eigenvalue weighted by Crippen LogP contribution is -2.26. The number of ketones is 1. The Morgan fingerprint density at radius 1 is 1.07 bits per heavy atom. The number of sulfonamides is 1. The van der Waals surface area contributed by atoms with E-state index in [1.54, 1.807) is 12.1 Å². The van der Waals surface area contributed by atoms with Crippen LogP contribution in [0.15, 0.2) is 70.1 Å². The van der Waals surface area contributed by atoms with Crippen molar-refractivity contribution in [3.05, 3.63) is 71.9 Å². The first-order valence-electron chi connectivity index (χ1n) is 9.18. The van der Waals surface area contributed by atoms with Gasteiger partial charge in [-0.25, -0.2) is 13.1 Å². The topological polar surface area (TPSA) is 89.3 Å². The lowest BCUT2D eigenvalue weighted by atomic mass is 10.1. The van der Waals surface area contributed by atoms with Crippen LogP contribution in [-0.4, -0.2) is 25.9 Å². The third-order valence-electron chi connectivity index (χ3n) is 4.69. The first-order chi connectivity index (χ1) is 13.5. The Bertz CT molecular complexity index is 1070. The van der Waals surface area contributed by atoms with Gasteiger partial charge in [0.05, 0.1) is 10.6 Å². The first kappa shape index (κ1) is 18.6. The monoisotopic (exact) mass is 396 g/mol. The van der Waals surface area contributed by atoms with Gasteiger partial charge < -0.3 is 4.52 Å². The van der Waals surface area contributed by atoms with Crippen molar-refractivity contribution in [3.8, 4) is 11.3 Å². The minimum absolute atomic E-state index is 0.0946. The zero-order valence-electron chi connectivity index (χ0n) is 15.2. The van der Waals surface area contributed by atoms with Crippen molar-refractivity contribution < 1.29 is 17.7 Å². The van der Waals surface area contributed by atoms with E-state index >= 15 is 0 Å². The summed E-state index contributed by atoms with van der Waals surface area (Å²) in [5.74, 6) is 0.857. The second-order valence-electron chi connectivity index (χ2n) is 6.86. The van der Waals surface area contributed by atoms with Crippen LogP contribution in [-0.2, 0) is 16.4 Å². The average Bonchev–Trinajstić information content (AvgIpc) is 3.46. The highest BCUT2D eigenvalue weighted by atomic mass is 32.2. The lowest BCUT2D eigenvalue weighted by Gasteiger charge is -2.06. The Morgan fingerprint density at radius 3 is 2.46 bits per heavy atom. The molecule has 1 aliphatic rings. The number of carbonyl (C=O) groups excluding carboxylic acids is 1. The van der Waals surface area contributed by atoms with Crippen LogP contribution in [0.2, 0.25) is 0 Å². The highest BCUT2D eigenvalue weighted by molar-refractivity contribution is 7.89. The maximum Gasteiger partial charge on any atom is 0.240 e. The van der Waals surface area contributed by atoms with E-state index in [-0.39, 0.29) is 23.1 Å². The molecule has 2 aromatic carbocycles. The quantitative estimate of drug-likeness (QED) is 0.589. The summed E-state index contributed by atoms with van der Waals surface area (Å²) >= 11 is 0. The van der Waals surface area contributed by atoms with E-state index in [0.29, 0.717) is 23.4 Å². The Hall–Kier alpha value is -2.77. The Labute approximate surface area is 163 Å². The number of Topliss-reactive ketones (excluding diaryl/α,β-unsaturated/α-hetero) is 1. The molecule has 0 radical (unpaired) electrons. The zero-order valence-corrected chi connectivity index (χ0v) is 16.0. The van der Waals surface area contributed by atoms with E-state index in [1.807, 2.05) is 36.4 Å². The molecule has 7 heteroatoms. The summed E-state index contributed by atoms with van der Waals surface area (Å²) in [5, 5.41) is 3.99. The summed E-state index contributed by atoms with van der Waals surface area (Å²) in [6.45, 7) is 0.200. The molecule has 1 saturated carbocycles. The summed E-state index contributed by atoms with van der Waals surface area (Å²) in [6.07, 6.45) is 2.26. The predicted octanol–water partition coefficient (Wildman–Crippen LogP) is 3.46. The van der Waals surface area contributed by atoms with Crippen LogP contribution in [0.5, 0.6) is 0 Å². The Kier molecular flexibility index (Phi) is 5.11. The maximum absolute atomic E-state index is 12.4. The molecule has 1 fully saturated rings. The largest absolute Gasteiger partial charge is 0.356 e. The molecular weight excluding hydrogens is 376 g/mol. The van der Waals surface area contributed by atoms with E-state index in [0.717, 1.165) is 18.4 Å². The van der Waals surface area contributed by atoms with E-state index in [2.05, 4.69) is 9.88 Å². The molecular formula is C21H20N2O4S. The van der Waals surface area contributed by atoms with Gasteiger partial charge in [0.1, 0.15) is 0 Å². The van der Waals surface area contributed by atoms with Gasteiger partial charge in [0, 0.05) is 36.1 Å². The van der Waals surface area contributed by atoms with Gasteiger partial charge in [0.25, 0.3) is 0 Å². The highest BCUT2D eigenvalue weighted by Gasteiger charge is 2.30. The molecule has 1 N–H and O–H groups in total. The number of rotatable bonds is 8. The third kappa shape index (κ3) is 4.21. The van der Waals surface area contributed by atoms with Gasteiger partial charge in [-0.3, -0.25) is 4.79 Å². The van der Waals surface area contributed by atoms with E-state index in [1.165, 1.54) is 12.1 Å². The van der Waals surface area contributed by atoms with E-state index < -0.39 is 10.0 Å². The van der Waals surface area contributed by atoms with Crippen molar-refractivity contribution in [2.24, 2.45) is 5.92 Å². The molecule has 1 aromatic heterocycles. The fourth-order valence-corrected chi connectivity index (χ4v) is 3.98. The summed E-state index contributed by atoms with van der Waals surface area (Å²) < 4.78 is 32.8. The fourth-order valence-electron chi connectivity index (χ4n) is 2.94. The molecule has 28 heavy (non-hydrogen) atoms. The van der Waals surface area contributed by atoms with Gasteiger partial charge in [-0.05, 0) is 25.0 Å². The van der Waals surface area contributed by atoms with Gasteiger partial charge in [-0.1, -0.05) is 47.6 Å². The normalized spacial score (nSPS) is 14.1. The van der Waals surface area contributed by atoms with Crippen molar-refractivity contribution in [1.82, 2.24) is 9.88 Å². The molecule has 144 valence electrons. The second-order valence-corrected chi connectivity index (χ2v) is 8.63. The van der Waals surface area contributed by atoms with Crippen LogP contribution in [0.25, 0.3) is 11.3 Å². The fraction of sp³-hybridized carbons (Fsp3) is 0.238. The summed E-state index contributed by atoms with van der Waals surface area (Å²) in [7, 11) is -3.64. The molecule has 1 heterocycles. The smallest absolute Gasteiger partial charge is 0.240 e. The Morgan fingerprint density at radius 2 is 1.79 bits per heavy atom. The van der Waals surface area contributed by atoms with Crippen molar-refractivity contribution in [2.45, 2.75) is 24.2 Å². The minimum Gasteiger partial charge on any atom is -0.356 e. The Balaban J connectivity index is 1.35. The SMILES string of the molecule is O=C(c1ccc(S(=O)(=O)NCCc2cc(-c3ccccc3)on2)cc1)C1CC1. The zero-order chi connectivity index (χ0) is 19.6. The number of hydrogen-bond donors (Lipinski definition) is 1. The molecule has 0 amide bonds. The number of hydrogen-bond acceptors (Lipinski definition) is 5. The van der Waals surface area contributed by atoms with Crippen molar-refractivity contribution in [1.29, 1.82) is 0 Å². The van der Waals surface area contributed by atoms with Crippen molar-refractivity contribution in [2.75, 3.05) is 6.54 Å². The molecule has 0 atom stereocenters. The molecule has 6 nitrogen and oxygen atoms in total. The number of aromatic nitrogens is 1. The predicted molar refractivity (Wildman–Crippen MR) is 104 cm³/mol. The van der Waals surface area contributed by atoms with E-state index in [4.69, 9.17) is 4.52 Å². The van der Waals surface area contributed by atoms with Gasteiger partial charge in [-0.15, -0.1) is 0 Å². The molecule has 0 spiro atoms. The maximum atomic E-state index is 12.4. The van der Waals surface area contributed by atoms with Crippen molar-refractivity contribution >= 4 is 15.8 Å². The van der Waals surface area contributed by atoms with Crippen LogP contribution in [0.3, 0.4) is 0 Å². The molecule has 4 rings (SSSR count). The summed E-state index contributed by atoms with van der Waals surface area (Å²) in [6, 6.07) is 17.5. The molecule has 0 saturated heterocycles. The minimum atomic E-state index is -3.64. The molecule has 1 aliphatic carbocycles. The average molecular weight is 396 g/mol. The highest BCUT2D eigenvalue weighted by Crippen LogP contribution is 2.32. The number of benzene rings is 2. The van der Waals surface area contributed by atoms with Gasteiger partial charge in [0.15, 0.2) is 11.5 Å². The van der Waals surface area contributed by atoms with Gasteiger partial charge in [0.2, 0.25) is 10.0 Å². The summed E-state index contributed by atoms with van der Waals surface area (Å²) in [5.41, 5.74) is 2.16. The lowest BCUT2D eigenvalue weighted by molar-refractivity contribution is 0.0967. The standard InChI is InChI=1S/C21H20N2O4S/c24-21(16-6-7-16)17-8-10-19(11-9-17)28(25,26)22-13-12-18-14-20(27-23-18)15-4-2-1-3-5-15/h1-5,8-11,14,16,22H,6-7,12-13H2. The first-order valence-corrected chi connectivity index (χ1v) is 10.7. The molecule has 0 aliphatic heterocycles. The van der Waals surface area contributed by atoms with Gasteiger partial charge >= 0.3 is 0 Å². The number of nitrogens with one attached hydrogen (secondary N) is 1. The second kappa shape index (κ2) is 7.69. The van der Waals surface area contributed by atoms with Crippen LogP contribution in [0, 0.1) is 5.92 Å². The number of nitrogens with zero attached hydrogens (tertiary/aromatic N) is 1. The molecule has 0 unspecified atom stereocenters. The van der Waals surface area contributed by atoms with Crippen LogP contribution in [0.4, 0.5) is 0 Å². The number of carbonyl (C=O) groups is 1. The summed E-state index contributed by atoms with van der Waals surface area (Å²) in [4.78, 5) is 12.2. The molecule has 0 bridgehead atoms.